The average molecular weight is 283 g/mol. The number of nitrogens with zero attached hydrogens (tertiary/aromatic N) is 1. The molecule has 1 heterocycles. The molecule has 104 valence electrons. The zero-order valence-electron chi connectivity index (χ0n) is 11.0. The van der Waals surface area contributed by atoms with Crippen molar-refractivity contribution in [2.24, 2.45) is 5.92 Å². The van der Waals surface area contributed by atoms with E-state index in [0.29, 0.717) is 5.92 Å². The van der Waals surface area contributed by atoms with Gasteiger partial charge in [0.25, 0.3) is 0 Å². The second kappa shape index (κ2) is 5.78. The van der Waals surface area contributed by atoms with E-state index in [9.17, 15) is 4.39 Å². The second-order valence-corrected chi connectivity index (χ2v) is 5.97. The zero-order chi connectivity index (χ0) is 13.2. The van der Waals surface area contributed by atoms with Crippen molar-refractivity contribution < 1.29 is 4.39 Å². The van der Waals surface area contributed by atoms with Crippen molar-refractivity contribution >= 4 is 11.6 Å². The summed E-state index contributed by atoms with van der Waals surface area (Å²) in [6.07, 6.45) is 3.69. The Morgan fingerprint density at radius 3 is 2.63 bits per heavy atom. The van der Waals surface area contributed by atoms with Crippen LogP contribution in [-0.2, 0) is 0 Å². The molecule has 2 nitrogen and oxygen atoms in total. The summed E-state index contributed by atoms with van der Waals surface area (Å²) < 4.78 is 14.4. The topological polar surface area (TPSA) is 15.3 Å². The van der Waals surface area contributed by atoms with E-state index in [0.717, 1.165) is 31.7 Å². The maximum Gasteiger partial charge on any atom is 0.146 e. The van der Waals surface area contributed by atoms with E-state index in [2.05, 4.69) is 10.2 Å². The van der Waals surface area contributed by atoms with Gasteiger partial charge in [-0.3, -0.25) is 4.90 Å². The molecule has 3 rings (SSSR count). The first-order valence-electron chi connectivity index (χ1n) is 7.16. The van der Waals surface area contributed by atoms with Gasteiger partial charge in [0.1, 0.15) is 5.82 Å². The lowest BCUT2D eigenvalue weighted by Crippen LogP contribution is -2.48. The molecule has 0 unspecified atom stereocenters. The number of hydrogen-bond donors (Lipinski definition) is 1. The van der Waals surface area contributed by atoms with Gasteiger partial charge in [-0.05, 0) is 24.8 Å². The number of halogens is 2. The minimum absolute atomic E-state index is 0.203. The fourth-order valence-corrected chi connectivity index (χ4v) is 3.40. The monoisotopic (exact) mass is 282 g/mol. The highest BCUT2D eigenvalue weighted by molar-refractivity contribution is 6.30. The molecule has 0 radical (unpaired) electrons. The van der Waals surface area contributed by atoms with Gasteiger partial charge in [0.05, 0.1) is 5.02 Å². The zero-order valence-corrected chi connectivity index (χ0v) is 11.8. The summed E-state index contributed by atoms with van der Waals surface area (Å²) in [6, 6.07) is 5.62. The van der Waals surface area contributed by atoms with Crippen LogP contribution in [0.3, 0.4) is 0 Å². The molecule has 1 aromatic rings. The third-order valence-electron chi connectivity index (χ3n) is 4.44. The van der Waals surface area contributed by atoms with E-state index >= 15 is 0 Å². The quantitative estimate of drug-likeness (QED) is 0.916. The second-order valence-electron chi connectivity index (χ2n) is 5.56. The third kappa shape index (κ3) is 2.64. The van der Waals surface area contributed by atoms with Gasteiger partial charge in [-0.1, -0.05) is 30.2 Å². The van der Waals surface area contributed by atoms with Crippen LogP contribution in [0.25, 0.3) is 0 Å². The summed E-state index contributed by atoms with van der Waals surface area (Å²) in [5, 5.41) is 3.61. The van der Waals surface area contributed by atoms with E-state index in [1.165, 1.54) is 19.3 Å². The van der Waals surface area contributed by atoms with E-state index in [-0.39, 0.29) is 16.9 Å². The molecule has 4 heteroatoms. The smallest absolute Gasteiger partial charge is 0.146 e. The van der Waals surface area contributed by atoms with Crippen molar-refractivity contribution in [2.75, 3.05) is 26.2 Å². The molecular weight excluding hydrogens is 263 g/mol. The van der Waals surface area contributed by atoms with Gasteiger partial charge in [0, 0.05) is 37.8 Å². The third-order valence-corrected chi connectivity index (χ3v) is 4.73. The van der Waals surface area contributed by atoms with Gasteiger partial charge in [0.15, 0.2) is 0 Å². The SMILES string of the molecule is Fc1c(Cl)cccc1[C@@H](C1CCC1)N1CCNCC1. The number of hydrogen-bond acceptors (Lipinski definition) is 2. The first-order chi connectivity index (χ1) is 9.27. The minimum atomic E-state index is -0.223. The van der Waals surface area contributed by atoms with Crippen LogP contribution < -0.4 is 5.32 Å². The Hall–Kier alpha value is -0.640. The fraction of sp³-hybridized carbons (Fsp3) is 0.600. The Labute approximate surface area is 118 Å². The summed E-state index contributed by atoms with van der Waals surface area (Å²) in [5.41, 5.74) is 0.791. The van der Waals surface area contributed by atoms with E-state index in [1.807, 2.05) is 12.1 Å². The minimum Gasteiger partial charge on any atom is -0.314 e. The lowest BCUT2D eigenvalue weighted by atomic mass is 9.76. The van der Waals surface area contributed by atoms with Crippen LogP contribution in [0.2, 0.25) is 5.02 Å². The normalized spacial score (nSPS) is 23.1. The fourth-order valence-electron chi connectivity index (χ4n) is 3.21. The van der Waals surface area contributed by atoms with Crippen LogP contribution in [0.1, 0.15) is 30.9 Å². The highest BCUT2D eigenvalue weighted by Crippen LogP contribution is 2.42. The van der Waals surface area contributed by atoms with Gasteiger partial charge in [-0.15, -0.1) is 0 Å². The highest BCUT2D eigenvalue weighted by atomic mass is 35.5. The first kappa shape index (κ1) is 13.3. The van der Waals surface area contributed by atoms with Crippen molar-refractivity contribution in [3.05, 3.63) is 34.6 Å². The van der Waals surface area contributed by atoms with Crippen molar-refractivity contribution in [1.82, 2.24) is 10.2 Å². The molecule has 0 aromatic heterocycles. The Bertz CT molecular complexity index is 442. The number of piperazine rings is 1. The van der Waals surface area contributed by atoms with Crippen LogP contribution in [0.5, 0.6) is 0 Å². The van der Waals surface area contributed by atoms with E-state index in [4.69, 9.17) is 11.6 Å². The van der Waals surface area contributed by atoms with Crippen LogP contribution in [0.15, 0.2) is 18.2 Å². The molecule has 1 N–H and O–H groups in total. The summed E-state index contributed by atoms with van der Waals surface area (Å²) in [4.78, 5) is 2.43. The Morgan fingerprint density at radius 2 is 2.00 bits per heavy atom. The maximum atomic E-state index is 14.4. The van der Waals surface area contributed by atoms with Gasteiger partial charge in [-0.2, -0.15) is 0 Å². The lowest BCUT2D eigenvalue weighted by Gasteiger charge is -2.43. The van der Waals surface area contributed by atoms with Crippen LogP contribution in [0, 0.1) is 11.7 Å². The Morgan fingerprint density at radius 1 is 1.26 bits per heavy atom. The summed E-state index contributed by atoms with van der Waals surface area (Å²) in [5.74, 6) is 0.366. The van der Waals surface area contributed by atoms with Gasteiger partial charge in [-0.25, -0.2) is 4.39 Å². The van der Waals surface area contributed by atoms with E-state index < -0.39 is 0 Å². The van der Waals surface area contributed by atoms with Gasteiger partial charge < -0.3 is 5.32 Å². The number of nitrogens with one attached hydrogen (secondary N) is 1. The maximum absolute atomic E-state index is 14.4. The summed E-state index contributed by atoms with van der Waals surface area (Å²) in [7, 11) is 0. The van der Waals surface area contributed by atoms with Crippen molar-refractivity contribution in [3.63, 3.8) is 0 Å². The van der Waals surface area contributed by atoms with Crippen molar-refractivity contribution in [3.8, 4) is 0 Å². The predicted octanol–water partition coefficient (Wildman–Crippen LogP) is 3.23. The molecule has 1 aliphatic carbocycles. The van der Waals surface area contributed by atoms with Crippen molar-refractivity contribution in [2.45, 2.75) is 25.3 Å². The number of rotatable bonds is 3. The predicted molar refractivity (Wildman–Crippen MR) is 75.9 cm³/mol. The van der Waals surface area contributed by atoms with Crippen LogP contribution >= 0.6 is 11.6 Å². The van der Waals surface area contributed by atoms with Crippen molar-refractivity contribution in [1.29, 1.82) is 0 Å². The molecule has 1 aliphatic heterocycles. The van der Waals surface area contributed by atoms with Crippen LogP contribution in [0.4, 0.5) is 4.39 Å². The summed E-state index contributed by atoms with van der Waals surface area (Å²) in [6.45, 7) is 3.97. The molecular formula is C15H20ClFN2. The Kier molecular flexibility index (Phi) is 4.06. The average Bonchev–Trinajstić information content (AvgIpc) is 2.38. The Balaban J connectivity index is 1.91. The molecule has 2 aliphatic rings. The molecule has 1 atom stereocenters. The largest absolute Gasteiger partial charge is 0.314 e. The standard InChI is InChI=1S/C15H20ClFN2/c16-13-6-2-5-12(14(13)17)15(11-3-1-4-11)19-9-7-18-8-10-19/h2,5-6,11,15,18H,1,3-4,7-10H2/t15-/m1/s1. The van der Waals surface area contributed by atoms with Gasteiger partial charge >= 0.3 is 0 Å². The highest BCUT2D eigenvalue weighted by Gasteiger charge is 2.35. The van der Waals surface area contributed by atoms with Crippen LogP contribution in [-0.4, -0.2) is 31.1 Å². The lowest BCUT2D eigenvalue weighted by molar-refractivity contribution is 0.0812. The molecule has 0 bridgehead atoms. The number of benzene rings is 1. The molecule has 1 saturated carbocycles. The molecule has 2 fully saturated rings. The molecule has 1 aromatic carbocycles. The van der Waals surface area contributed by atoms with E-state index in [1.54, 1.807) is 6.07 Å². The first-order valence-corrected chi connectivity index (χ1v) is 7.54. The molecule has 19 heavy (non-hydrogen) atoms. The molecule has 0 amide bonds. The molecule has 0 spiro atoms. The molecule has 1 saturated heterocycles. The van der Waals surface area contributed by atoms with Gasteiger partial charge in [0.2, 0.25) is 0 Å². The summed E-state index contributed by atoms with van der Waals surface area (Å²) >= 11 is 5.96.